The topological polar surface area (TPSA) is 80.4 Å². The summed E-state index contributed by atoms with van der Waals surface area (Å²) in [6.45, 7) is 0.946. The number of nitrogens with zero attached hydrogens (tertiary/aromatic N) is 5. The first-order chi connectivity index (χ1) is 10.3. The van der Waals surface area contributed by atoms with Gasteiger partial charge in [0.1, 0.15) is 5.82 Å². The van der Waals surface area contributed by atoms with Gasteiger partial charge in [0.25, 0.3) is 10.2 Å². The lowest BCUT2D eigenvalue weighted by atomic mass is 9.97. The predicted molar refractivity (Wildman–Crippen MR) is 81.9 cm³/mol. The van der Waals surface area contributed by atoms with Crippen LogP contribution in [-0.4, -0.2) is 58.6 Å². The number of hydrogen-bond acceptors (Lipinski definition) is 4. The van der Waals surface area contributed by atoms with Crippen LogP contribution < -0.4 is 5.69 Å². The van der Waals surface area contributed by atoms with Crippen molar-refractivity contribution in [1.82, 2.24) is 23.0 Å². The molecule has 0 spiro atoms. The maximum absolute atomic E-state index is 12.2. The molecule has 2 heterocycles. The summed E-state index contributed by atoms with van der Waals surface area (Å²) in [5.41, 5.74) is -0.0548. The summed E-state index contributed by atoms with van der Waals surface area (Å²) >= 11 is 0. The van der Waals surface area contributed by atoms with Crippen LogP contribution in [0.3, 0.4) is 0 Å². The molecule has 0 atom stereocenters. The van der Waals surface area contributed by atoms with Crippen LogP contribution in [0.25, 0.3) is 0 Å². The molecule has 0 amide bonds. The average molecular weight is 329 g/mol. The fourth-order valence-corrected chi connectivity index (χ4v) is 4.16. The van der Waals surface area contributed by atoms with E-state index < -0.39 is 10.2 Å². The molecule has 0 unspecified atom stereocenters. The number of aryl methyl sites for hydroxylation is 1. The zero-order chi connectivity index (χ0) is 16.1. The van der Waals surface area contributed by atoms with Crippen molar-refractivity contribution in [3.05, 3.63) is 16.3 Å². The van der Waals surface area contributed by atoms with Gasteiger partial charge in [-0.1, -0.05) is 0 Å². The molecule has 0 N–H and O–H groups in total. The summed E-state index contributed by atoms with van der Waals surface area (Å²) < 4.78 is 30.3. The summed E-state index contributed by atoms with van der Waals surface area (Å²) in [6.07, 6.45) is 3.48. The SMILES string of the molecule is CN(C)S(=O)(=O)N1CCC(c2nn(C)c(=O)n2C2CC2)CC1. The van der Waals surface area contributed by atoms with E-state index in [-0.39, 0.29) is 11.6 Å². The van der Waals surface area contributed by atoms with E-state index in [1.165, 1.54) is 13.3 Å². The van der Waals surface area contributed by atoms with Crippen molar-refractivity contribution in [3.63, 3.8) is 0 Å². The van der Waals surface area contributed by atoms with Crippen LogP contribution in [-0.2, 0) is 17.3 Å². The Hall–Kier alpha value is -1.19. The van der Waals surface area contributed by atoms with E-state index in [9.17, 15) is 13.2 Å². The van der Waals surface area contributed by atoms with Crippen molar-refractivity contribution in [2.45, 2.75) is 37.6 Å². The highest BCUT2D eigenvalue weighted by atomic mass is 32.2. The minimum absolute atomic E-state index is 0.0548. The quantitative estimate of drug-likeness (QED) is 0.773. The van der Waals surface area contributed by atoms with Gasteiger partial charge < -0.3 is 0 Å². The van der Waals surface area contributed by atoms with Gasteiger partial charge in [-0.15, -0.1) is 0 Å². The second-order valence-electron chi connectivity index (χ2n) is 6.33. The van der Waals surface area contributed by atoms with E-state index in [0.717, 1.165) is 18.7 Å². The van der Waals surface area contributed by atoms with Crippen LogP contribution >= 0.6 is 0 Å². The molecule has 2 aliphatic rings. The van der Waals surface area contributed by atoms with Gasteiger partial charge in [0.15, 0.2) is 0 Å². The van der Waals surface area contributed by atoms with Crippen LogP contribution in [0.4, 0.5) is 0 Å². The second-order valence-corrected chi connectivity index (χ2v) is 8.47. The molecule has 1 saturated heterocycles. The molecule has 2 fully saturated rings. The molecule has 22 heavy (non-hydrogen) atoms. The van der Waals surface area contributed by atoms with Gasteiger partial charge in [-0.3, -0.25) is 4.57 Å². The van der Waals surface area contributed by atoms with Gasteiger partial charge in [0, 0.05) is 46.2 Å². The summed E-state index contributed by atoms with van der Waals surface area (Å²) in [4.78, 5) is 12.2. The van der Waals surface area contributed by atoms with Crippen LogP contribution in [0.15, 0.2) is 4.79 Å². The van der Waals surface area contributed by atoms with Crippen molar-refractivity contribution in [1.29, 1.82) is 0 Å². The number of aromatic nitrogens is 3. The minimum atomic E-state index is -3.35. The first kappa shape index (κ1) is 15.7. The zero-order valence-electron chi connectivity index (χ0n) is 13.3. The lowest BCUT2D eigenvalue weighted by molar-refractivity contribution is 0.293. The molecular weight excluding hydrogens is 306 g/mol. The zero-order valence-corrected chi connectivity index (χ0v) is 14.1. The Balaban J connectivity index is 1.78. The number of hydrogen-bond donors (Lipinski definition) is 0. The van der Waals surface area contributed by atoms with Gasteiger partial charge in [-0.25, -0.2) is 9.48 Å². The molecule has 9 heteroatoms. The Bertz CT molecular complexity index is 709. The third kappa shape index (κ3) is 2.61. The third-order valence-corrected chi connectivity index (χ3v) is 6.44. The van der Waals surface area contributed by atoms with E-state index in [1.807, 2.05) is 4.57 Å². The fourth-order valence-electron chi connectivity index (χ4n) is 3.03. The molecule has 0 bridgehead atoms. The normalized spacial score (nSPS) is 21.6. The van der Waals surface area contributed by atoms with E-state index in [2.05, 4.69) is 5.10 Å². The maximum Gasteiger partial charge on any atom is 0.345 e. The van der Waals surface area contributed by atoms with Crippen molar-refractivity contribution in [2.75, 3.05) is 27.2 Å². The van der Waals surface area contributed by atoms with Crippen LogP contribution in [0.1, 0.15) is 43.5 Å². The van der Waals surface area contributed by atoms with Crippen LogP contribution in [0, 0.1) is 0 Å². The molecule has 8 nitrogen and oxygen atoms in total. The van der Waals surface area contributed by atoms with E-state index in [1.54, 1.807) is 21.1 Å². The Morgan fingerprint density at radius 2 is 1.73 bits per heavy atom. The maximum atomic E-state index is 12.2. The highest BCUT2D eigenvalue weighted by Gasteiger charge is 2.35. The summed E-state index contributed by atoms with van der Waals surface area (Å²) in [7, 11) is 1.42. The van der Waals surface area contributed by atoms with Gasteiger partial charge in [0.2, 0.25) is 0 Å². The first-order valence-corrected chi connectivity index (χ1v) is 9.05. The molecule has 1 aliphatic carbocycles. The minimum Gasteiger partial charge on any atom is -0.276 e. The van der Waals surface area contributed by atoms with E-state index in [0.29, 0.717) is 32.0 Å². The molecule has 3 rings (SSSR count). The van der Waals surface area contributed by atoms with Crippen molar-refractivity contribution < 1.29 is 8.42 Å². The van der Waals surface area contributed by atoms with Crippen molar-refractivity contribution in [2.24, 2.45) is 7.05 Å². The third-order valence-electron chi connectivity index (χ3n) is 4.50. The summed E-state index contributed by atoms with van der Waals surface area (Å²) in [5.74, 6) is 0.986. The second kappa shape index (κ2) is 5.47. The molecule has 1 aromatic rings. The van der Waals surface area contributed by atoms with E-state index >= 15 is 0 Å². The Morgan fingerprint density at radius 1 is 1.14 bits per heavy atom. The largest absolute Gasteiger partial charge is 0.345 e. The average Bonchev–Trinajstić information content (AvgIpc) is 3.26. The molecular formula is C13H23N5O3S. The molecule has 1 aliphatic heterocycles. The van der Waals surface area contributed by atoms with Gasteiger partial charge in [-0.05, 0) is 25.7 Å². The van der Waals surface area contributed by atoms with E-state index in [4.69, 9.17) is 0 Å². The van der Waals surface area contributed by atoms with Crippen LogP contribution in [0.2, 0.25) is 0 Å². The van der Waals surface area contributed by atoms with Crippen LogP contribution in [0.5, 0.6) is 0 Å². The first-order valence-electron chi connectivity index (χ1n) is 7.65. The Labute approximate surface area is 130 Å². The highest BCUT2D eigenvalue weighted by molar-refractivity contribution is 7.86. The molecule has 0 radical (unpaired) electrons. The number of rotatable bonds is 4. The van der Waals surface area contributed by atoms with Gasteiger partial charge >= 0.3 is 5.69 Å². The molecule has 0 aromatic carbocycles. The fraction of sp³-hybridized carbons (Fsp3) is 0.846. The Morgan fingerprint density at radius 3 is 2.23 bits per heavy atom. The standard InChI is InChI=1S/C13H23N5O3S/c1-15(2)22(20,21)17-8-6-10(7-9-17)12-14-16(3)13(19)18(12)11-4-5-11/h10-11H,4-9H2,1-3H3. The highest BCUT2D eigenvalue weighted by Crippen LogP contribution is 2.37. The monoisotopic (exact) mass is 329 g/mol. The molecule has 1 aromatic heterocycles. The predicted octanol–water partition coefficient (Wildman–Crippen LogP) is -0.0975. The molecule has 1 saturated carbocycles. The lowest BCUT2D eigenvalue weighted by Crippen LogP contribution is -2.44. The van der Waals surface area contributed by atoms with Crippen molar-refractivity contribution >= 4 is 10.2 Å². The Kier molecular flexibility index (Phi) is 3.90. The van der Waals surface area contributed by atoms with Gasteiger partial charge in [-0.2, -0.15) is 22.1 Å². The smallest absolute Gasteiger partial charge is 0.276 e. The number of piperidine rings is 1. The lowest BCUT2D eigenvalue weighted by Gasteiger charge is -2.32. The molecule has 124 valence electrons. The summed E-state index contributed by atoms with van der Waals surface area (Å²) in [5, 5.41) is 4.41. The van der Waals surface area contributed by atoms with Gasteiger partial charge in [0.05, 0.1) is 0 Å². The summed E-state index contributed by atoms with van der Waals surface area (Å²) in [6, 6.07) is 0.291. The van der Waals surface area contributed by atoms with Crippen molar-refractivity contribution in [3.8, 4) is 0 Å².